The molecule has 3 aliphatic heterocycles. The molecule has 3 rings (SSSR count). The predicted octanol–water partition coefficient (Wildman–Crippen LogP) is 0.703. The van der Waals surface area contributed by atoms with Crippen LogP contribution < -0.4 is 10.6 Å². The van der Waals surface area contributed by atoms with E-state index in [0.29, 0.717) is 25.7 Å². The fourth-order valence-electron chi connectivity index (χ4n) is 4.35. The molecule has 7 heteroatoms. The maximum atomic E-state index is 13.0. The Labute approximate surface area is 161 Å². The molecule has 0 aromatic carbocycles. The molecule has 2 fully saturated rings. The van der Waals surface area contributed by atoms with Crippen molar-refractivity contribution in [1.29, 1.82) is 0 Å². The second kappa shape index (κ2) is 9.66. The van der Waals surface area contributed by atoms with Gasteiger partial charge in [-0.2, -0.15) is 0 Å². The highest BCUT2D eigenvalue weighted by atomic mass is 16.5. The third kappa shape index (κ3) is 5.30. The van der Waals surface area contributed by atoms with Gasteiger partial charge in [-0.25, -0.2) is 0 Å². The molecular formula is C20H33N3O4. The molecule has 3 heterocycles. The van der Waals surface area contributed by atoms with Crippen LogP contribution in [-0.4, -0.2) is 75.9 Å². The molecule has 1 spiro atoms. The molecule has 0 aromatic rings. The fraction of sp³-hybridized carbons (Fsp3) is 0.800. The van der Waals surface area contributed by atoms with Gasteiger partial charge in [-0.15, -0.1) is 0 Å². The highest BCUT2D eigenvalue weighted by Gasteiger charge is 2.40. The number of piperidine rings is 1. The van der Waals surface area contributed by atoms with Crippen LogP contribution in [0.1, 0.15) is 32.1 Å². The second-order valence-electron chi connectivity index (χ2n) is 8.01. The standard InChI is InChI=1S/C20H33N3O4/c1-26-13-11-23-9-7-20(8-10-23)6-3-2-4-16-15-27-12-5-17(16)22-18(24)14-21-19(20)25/h2-3,16-17H,4-15H2,1H3,(H,21,25)(H,22,24)/b3-2+/t16-,17+/m0/s1. The molecule has 0 unspecified atom stereocenters. The zero-order valence-corrected chi connectivity index (χ0v) is 16.4. The fourth-order valence-corrected chi connectivity index (χ4v) is 4.35. The summed E-state index contributed by atoms with van der Waals surface area (Å²) in [7, 11) is 1.71. The lowest BCUT2D eigenvalue weighted by Gasteiger charge is -2.40. The molecule has 7 nitrogen and oxygen atoms in total. The molecule has 0 radical (unpaired) electrons. The third-order valence-corrected chi connectivity index (χ3v) is 6.25. The first kappa shape index (κ1) is 20.3. The first-order valence-electron chi connectivity index (χ1n) is 10.1. The van der Waals surface area contributed by atoms with Gasteiger partial charge in [-0.1, -0.05) is 12.2 Å². The molecule has 2 saturated heterocycles. The quantitative estimate of drug-likeness (QED) is 0.706. The topological polar surface area (TPSA) is 79.9 Å². The van der Waals surface area contributed by atoms with E-state index >= 15 is 0 Å². The highest BCUT2D eigenvalue weighted by Crippen LogP contribution is 2.36. The Hall–Kier alpha value is -1.44. The molecule has 2 amide bonds. The summed E-state index contributed by atoms with van der Waals surface area (Å²) in [5, 5.41) is 5.99. The lowest BCUT2D eigenvalue weighted by molar-refractivity contribution is -0.136. The van der Waals surface area contributed by atoms with Crippen LogP contribution in [0, 0.1) is 11.3 Å². The number of hydrogen-bond acceptors (Lipinski definition) is 5. The van der Waals surface area contributed by atoms with Gasteiger partial charge in [0.15, 0.2) is 0 Å². The summed E-state index contributed by atoms with van der Waals surface area (Å²) in [5.74, 6) is 0.219. The van der Waals surface area contributed by atoms with Crippen molar-refractivity contribution in [3.8, 4) is 0 Å². The van der Waals surface area contributed by atoms with Gasteiger partial charge >= 0.3 is 0 Å². The average molecular weight is 380 g/mol. The molecule has 152 valence electrons. The van der Waals surface area contributed by atoms with Crippen molar-refractivity contribution in [1.82, 2.24) is 15.5 Å². The van der Waals surface area contributed by atoms with E-state index in [0.717, 1.165) is 51.7 Å². The molecule has 0 saturated carbocycles. The Balaban J connectivity index is 1.67. The minimum Gasteiger partial charge on any atom is -0.383 e. The van der Waals surface area contributed by atoms with Crippen molar-refractivity contribution in [2.24, 2.45) is 11.3 Å². The van der Waals surface area contributed by atoms with E-state index in [1.165, 1.54) is 0 Å². The monoisotopic (exact) mass is 379 g/mol. The van der Waals surface area contributed by atoms with Crippen LogP contribution in [0.5, 0.6) is 0 Å². The van der Waals surface area contributed by atoms with Crippen LogP contribution in [0.25, 0.3) is 0 Å². The summed E-state index contributed by atoms with van der Waals surface area (Å²) in [4.78, 5) is 27.6. The Bertz CT molecular complexity index is 543. The Morgan fingerprint density at radius 2 is 2.11 bits per heavy atom. The number of nitrogens with zero attached hydrogens (tertiary/aromatic N) is 1. The molecule has 0 bridgehead atoms. The van der Waals surface area contributed by atoms with Crippen LogP contribution in [0.2, 0.25) is 0 Å². The first-order valence-corrected chi connectivity index (χ1v) is 10.1. The van der Waals surface area contributed by atoms with E-state index in [1.54, 1.807) is 7.11 Å². The van der Waals surface area contributed by atoms with Gasteiger partial charge in [-0.05, 0) is 45.2 Å². The normalized spacial score (nSPS) is 31.1. The Morgan fingerprint density at radius 1 is 1.30 bits per heavy atom. The zero-order chi connectivity index (χ0) is 19.1. The number of rotatable bonds is 3. The van der Waals surface area contributed by atoms with Gasteiger partial charge < -0.3 is 25.0 Å². The molecule has 3 aliphatic rings. The molecule has 2 atom stereocenters. The minimum absolute atomic E-state index is 0.0118. The van der Waals surface area contributed by atoms with Crippen LogP contribution in [0.3, 0.4) is 0 Å². The van der Waals surface area contributed by atoms with E-state index < -0.39 is 5.41 Å². The number of nitrogens with one attached hydrogen (secondary N) is 2. The Kier molecular flexibility index (Phi) is 7.26. The number of likely N-dealkylation sites (tertiary alicyclic amines) is 1. The number of ether oxygens (including phenoxy) is 2. The maximum absolute atomic E-state index is 13.0. The van der Waals surface area contributed by atoms with Crippen molar-refractivity contribution in [2.45, 2.75) is 38.1 Å². The number of carbonyl (C=O) groups excluding carboxylic acids is 2. The number of hydrogen-bond donors (Lipinski definition) is 2. The van der Waals surface area contributed by atoms with E-state index in [4.69, 9.17) is 9.47 Å². The number of allylic oxidation sites excluding steroid dienone is 2. The van der Waals surface area contributed by atoms with Crippen LogP contribution in [0.15, 0.2) is 12.2 Å². The number of fused-ring (bicyclic) bond motifs is 1. The van der Waals surface area contributed by atoms with Gasteiger partial charge in [-0.3, -0.25) is 9.59 Å². The van der Waals surface area contributed by atoms with E-state index in [9.17, 15) is 9.59 Å². The van der Waals surface area contributed by atoms with Gasteiger partial charge in [0.25, 0.3) is 0 Å². The highest BCUT2D eigenvalue weighted by molar-refractivity contribution is 5.88. The molecule has 0 aromatic heterocycles. The number of amides is 2. The van der Waals surface area contributed by atoms with Gasteiger partial charge in [0.05, 0.1) is 25.2 Å². The molecule has 0 aliphatic carbocycles. The smallest absolute Gasteiger partial charge is 0.239 e. The SMILES string of the molecule is COCCN1CCC2(C/C=C/C[C@H]3COCC[C@H]3NC(=O)CNC2=O)CC1. The summed E-state index contributed by atoms with van der Waals surface area (Å²) in [5.41, 5.74) is -0.415. The van der Waals surface area contributed by atoms with E-state index in [1.807, 2.05) is 0 Å². The molecule has 27 heavy (non-hydrogen) atoms. The summed E-state index contributed by atoms with van der Waals surface area (Å²) in [6.07, 6.45) is 8.40. The summed E-state index contributed by atoms with van der Waals surface area (Å²) >= 11 is 0. The predicted molar refractivity (Wildman–Crippen MR) is 102 cm³/mol. The van der Waals surface area contributed by atoms with Crippen LogP contribution in [-0.2, 0) is 19.1 Å². The van der Waals surface area contributed by atoms with Crippen molar-refractivity contribution in [3.05, 3.63) is 12.2 Å². The maximum Gasteiger partial charge on any atom is 0.239 e. The van der Waals surface area contributed by atoms with Gasteiger partial charge in [0.2, 0.25) is 11.8 Å². The van der Waals surface area contributed by atoms with E-state index in [-0.39, 0.29) is 24.4 Å². The summed E-state index contributed by atoms with van der Waals surface area (Å²) in [6.45, 7) is 4.80. The lowest BCUT2D eigenvalue weighted by atomic mass is 9.74. The largest absolute Gasteiger partial charge is 0.383 e. The second-order valence-corrected chi connectivity index (χ2v) is 8.01. The first-order chi connectivity index (χ1) is 13.1. The van der Waals surface area contributed by atoms with Gasteiger partial charge in [0, 0.05) is 32.2 Å². The van der Waals surface area contributed by atoms with Crippen molar-refractivity contribution >= 4 is 11.8 Å². The zero-order valence-electron chi connectivity index (χ0n) is 16.4. The average Bonchev–Trinajstić information content (AvgIpc) is 2.69. The molecule has 2 N–H and O–H groups in total. The number of methoxy groups -OCH3 is 1. The number of carbonyl (C=O) groups is 2. The van der Waals surface area contributed by atoms with E-state index in [2.05, 4.69) is 27.7 Å². The summed E-state index contributed by atoms with van der Waals surface area (Å²) < 4.78 is 10.8. The van der Waals surface area contributed by atoms with Crippen LogP contribution in [0.4, 0.5) is 0 Å². The third-order valence-electron chi connectivity index (χ3n) is 6.25. The minimum atomic E-state index is -0.415. The Morgan fingerprint density at radius 3 is 2.89 bits per heavy atom. The van der Waals surface area contributed by atoms with Crippen molar-refractivity contribution in [3.63, 3.8) is 0 Å². The lowest BCUT2D eigenvalue weighted by Crippen LogP contribution is -2.53. The molecular weight excluding hydrogens is 346 g/mol. The summed E-state index contributed by atoms with van der Waals surface area (Å²) in [6, 6.07) is 0.130. The van der Waals surface area contributed by atoms with Gasteiger partial charge in [0.1, 0.15) is 0 Å². The van der Waals surface area contributed by atoms with Crippen molar-refractivity contribution < 1.29 is 19.1 Å². The van der Waals surface area contributed by atoms with Crippen LogP contribution >= 0.6 is 0 Å². The van der Waals surface area contributed by atoms with Crippen molar-refractivity contribution in [2.75, 3.05) is 53.1 Å².